The predicted octanol–water partition coefficient (Wildman–Crippen LogP) is 2.93. The molecule has 1 aliphatic rings. The molecule has 9 nitrogen and oxygen atoms in total. The fourth-order valence-corrected chi connectivity index (χ4v) is 4.42. The van der Waals surface area contributed by atoms with Crippen molar-refractivity contribution in [2.24, 2.45) is 5.92 Å². The second-order valence-electron chi connectivity index (χ2n) is 8.60. The van der Waals surface area contributed by atoms with Gasteiger partial charge in [0.2, 0.25) is 0 Å². The molecular weight excluding hydrogens is 423 g/mol. The Balaban J connectivity index is 1.53. The molecule has 4 aromatic heterocycles. The Morgan fingerprint density at radius 3 is 2.82 bits per heavy atom. The maximum atomic E-state index is 14.0. The van der Waals surface area contributed by atoms with E-state index in [2.05, 4.69) is 38.2 Å². The van der Waals surface area contributed by atoms with Gasteiger partial charge in [-0.05, 0) is 45.8 Å². The summed E-state index contributed by atoms with van der Waals surface area (Å²) in [4.78, 5) is 20.1. The van der Waals surface area contributed by atoms with Crippen LogP contribution < -0.4 is 4.74 Å². The molecule has 0 saturated carbocycles. The maximum Gasteiger partial charge on any atom is 0.318 e. The molecule has 1 atom stereocenters. The van der Waals surface area contributed by atoms with Crippen molar-refractivity contribution in [3.63, 3.8) is 0 Å². The van der Waals surface area contributed by atoms with Crippen molar-refractivity contribution < 1.29 is 9.13 Å². The first-order valence-corrected chi connectivity index (χ1v) is 11.2. The van der Waals surface area contributed by atoms with Crippen molar-refractivity contribution >= 4 is 11.2 Å². The minimum atomic E-state index is -0.418. The summed E-state index contributed by atoms with van der Waals surface area (Å²) < 4.78 is 23.5. The van der Waals surface area contributed by atoms with E-state index in [9.17, 15) is 4.39 Å². The van der Waals surface area contributed by atoms with Gasteiger partial charge in [0.25, 0.3) is 0 Å². The van der Waals surface area contributed by atoms with Crippen molar-refractivity contribution in [1.29, 1.82) is 0 Å². The van der Waals surface area contributed by atoms with E-state index < -0.39 is 5.82 Å². The minimum Gasteiger partial charge on any atom is -0.464 e. The number of hydrogen-bond acceptors (Lipinski definition) is 7. The van der Waals surface area contributed by atoms with Crippen molar-refractivity contribution in [3.8, 4) is 17.4 Å². The summed E-state index contributed by atoms with van der Waals surface area (Å²) in [6.07, 6.45) is 7.90. The number of likely N-dealkylation sites (tertiary alicyclic amines) is 1. The van der Waals surface area contributed by atoms with Crippen molar-refractivity contribution in [3.05, 3.63) is 47.9 Å². The summed E-state index contributed by atoms with van der Waals surface area (Å²) in [6, 6.07) is 1.73. The standard InChI is InChI=1S/C23H27FN8O/c1-4-33-23-27-15(2)20-22(29-23)32(21(28-20)18-7-19(24)10-25-9-18)14-17-8-26-31(13-17)12-16-5-6-30(3)11-16/h7-10,13,16H,4-6,11-12,14H2,1-3H3. The van der Waals surface area contributed by atoms with Crippen LogP contribution in [0.3, 0.4) is 0 Å². The number of imidazole rings is 1. The molecule has 0 aromatic carbocycles. The molecule has 1 fully saturated rings. The number of halogens is 1. The van der Waals surface area contributed by atoms with Crippen LogP contribution in [0.5, 0.6) is 6.01 Å². The van der Waals surface area contributed by atoms with Gasteiger partial charge in [-0.2, -0.15) is 15.1 Å². The second kappa shape index (κ2) is 8.86. The molecule has 0 bridgehead atoms. The largest absolute Gasteiger partial charge is 0.464 e. The van der Waals surface area contributed by atoms with E-state index in [0.717, 1.165) is 25.2 Å². The molecule has 10 heteroatoms. The summed E-state index contributed by atoms with van der Waals surface area (Å²) >= 11 is 0. The Labute approximate surface area is 191 Å². The van der Waals surface area contributed by atoms with Gasteiger partial charge in [-0.25, -0.2) is 9.37 Å². The van der Waals surface area contributed by atoms with Crippen molar-refractivity contribution in [2.45, 2.75) is 33.4 Å². The minimum absolute atomic E-state index is 0.300. The number of nitrogens with zero attached hydrogens (tertiary/aromatic N) is 8. The summed E-state index contributed by atoms with van der Waals surface area (Å²) in [6.45, 7) is 7.82. The molecule has 5 heterocycles. The number of fused-ring (bicyclic) bond motifs is 1. The fourth-order valence-electron chi connectivity index (χ4n) is 4.42. The normalized spacial score (nSPS) is 16.7. The molecule has 0 N–H and O–H groups in total. The van der Waals surface area contributed by atoms with Gasteiger partial charge in [-0.15, -0.1) is 0 Å². The molecule has 1 unspecified atom stereocenters. The van der Waals surface area contributed by atoms with Gasteiger partial charge in [0.05, 0.1) is 31.2 Å². The number of pyridine rings is 1. The summed E-state index contributed by atoms with van der Waals surface area (Å²) in [5, 5.41) is 4.58. The van der Waals surface area contributed by atoms with Crippen LogP contribution in [0.25, 0.3) is 22.6 Å². The third kappa shape index (κ3) is 4.43. The first kappa shape index (κ1) is 21.4. The summed E-state index contributed by atoms with van der Waals surface area (Å²) in [5.41, 5.74) is 3.58. The number of rotatable bonds is 7. The molecule has 172 valence electrons. The van der Waals surface area contributed by atoms with Gasteiger partial charge in [0.15, 0.2) is 5.65 Å². The van der Waals surface area contributed by atoms with E-state index in [-0.39, 0.29) is 0 Å². The van der Waals surface area contributed by atoms with Gasteiger partial charge >= 0.3 is 6.01 Å². The van der Waals surface area contributed by atoms with Gasteiger partial charge in [-0.3, -0.25) is 9.67 Å². The Hall–Kier alpha value is -3.40. The Bertz CT molecular complexity index is 1280. The van der Waals surface area contributed by atoms with Crippen LogP contribution in [0.2, 0.25) is 0 Å². The molecule has 0 radical (unpaired) electrons. The molecule has 1 saturated heterocycles. The highest BCUT2D eigenvalue weighted by molar-refractivity contribution is 5.79. The second-order valence-corrected chi connectivity index (χ2v) is 8.60. The van der Waals surface area contributed by atoms with E-state index in [1.165, 1.54) is 18.7 Å². The molecule has 0 aliphatic carbocycles. The first-order valence-electron chi connectivity index (χ1n) is 11.2. The Morgan fingerprint density at radius 1 is 1.18 bits per heavy atom. The van der Waals surface area contributed by atoms with E-state index in [0.29, 0.717) is 53.3 Å². The third-order valence-corrected chi connectivity index (χ3v) is 5.95. The topological polar surface area (TPSA) is 86.8 Å². The van der Waals surface area contributed by atoms with E-state index in [1.807, 2.05) is 29.3 Å². The van der Waals surface area contributed by atoms with Crippen LogP contribution in [0.15, 0.2) is 30.9 Å². The predicted molar refractivity (Wildman–Crippen MR) is 121 cm³/mol. The summed E-state index contributed by atoms with van der Waals surface area (Å²) in [5.74, 6) is 0.765. The third-order valence-electron chi connectivity index (χ3n) is 5.95. The zero-order valence-corrected chi connectivity index (χ0v) is 19.1. The van der Waals surface area contributed by atoms with E-state index in [1.54, 1.807) is 6.20 Å². The SMILES string of the molecule is CCOc1nc(C)c2nc(-c3cncc(F)c3)n(Cc3cnn(CC4CCN(C)C4)c3)c2n1. The smallest absolute Gasteiger partial charge is 0.318 e. The van der Waals surface area contributed by atoms with Gasteiger partial charge in [0.1, 0.15) is 17.2 Å². The lowest BCUT2D eigenvalue weighted by molar-refractivity contribution is 0.313. The Morgan fingerprint density at radius 2 is 2.06 bits per heavy atom. The lowest BCUT2D eigenvalue weighted by atomic mass is 10.1. The van der Waals surface area contributed by atoms with Gasteiger partial charge < -0.3 is 14.2 Å². The number of aryl methyl sites for hydroxylation is 1. The van der Waals surface area contributed by atoms with Crippen LogP contribution in [-0.4, -0.2) is 65.9 Å². The molecule has 33 heavy (non-hydrogen) atoms. The van der Waals surface area contributed by atoms with E-state index in [4.69, 9.17) is 9.72 Å². The lowest BCUT2D eigenvalue weighted by Gasteiger charge is -2.10. The Kier molecular flexibility index (Phi) is 5.76. The maximum absolute atomic E-state index is 14.0. The molecular formula is C23H27FN8O. The van der Waals surface area contributed by atoms with Crippen molar-refractivity contribution in [2.75, 3.05) is 26.7 Å². The highest BCUT2D eigenvalue weighted by atomic mass is 19.1. The van der Waals surface area contributed by atoms with Crippen LogP contribution in [-0.2, 0) is 13.1 Å². The quantitative estimate of drug-likeness (QED) is 0.428. The van der Waals surface area contributed by atoms with E-state index >= 15 is 0 Å². The average molecular weight is 451 g/mol. The lowest BCUT2D eigenvalue weighted by Crippen LogP contribution is -2.17. The first-order chi connectivity index (χ1) is 16.0. The zero-order chi connectivity index (χ0) is 22.9. The molecule has 0 amide bonds. The summed E-state index contributed by atoms with van der Waals surface area (Å²) in [7, 11) is 2.15. The van der Waals surface area contributed by atoms with Gasteiger partial charge in [0, 0.05) is 36.6 Å². The van der Waals surface area contributed by atoms with Crippen LogP contribution >= 0.6 is 0 Å². The van der Waals surface area contributed by atoms with Crippen LogP contribution in [0, 0.1) is 18.7 Å². The monoisotopic (exact) mass is 450 g/mol. The number of ether oxygens (including phenoxy) is 1. The van der Waals surface area contributed by atoms with Crippen LogP contribution in [0.4, 0.5) is 4.39 Å². The fraction of sp³-hybridized carbons (Fsp3) is 0.435. The number of aromatic nitrogens is 7. The highest BCUT2D eigenvalue weighted by Crippen LogP contribution is 2.27. The highest BCUT2D eigenvalue weighted by Gasteiger charge is 2.21. The molecule has 1 aliphatic heterocycles. The molecule has 4 aromatic rings. The van der Waals surface area contributed by atoms with Crippen LogP contribution in [0.1, 0.15) is 24.6 Å². The van der Waals surface area contributed by atoms with Gasteiger partial charge in [-0.1, -0.05) is 0 Å². The zero-order valence-electron chi connectivity index (χ0n) is 19.1. The average Bonchev–Trinajstić information content (AvgIpc) is 3.49. The molecule has 5 rings (SSSR count). The van der Waals surface area contributed by atoms with Crippen molar-refractivity contribution in [1.82, 2.24) is 39.2 Å². The number of hydrogen-bond donors (Lipinski definition) is 0. The molecule has 0 spiro atoms.